The van der Waals surface area contributed by atoms with Gasteiger partial charge >= 0.3 is 6.18 Å². The highest BCUT2D eigenvalue weighted by Gasteiger charge is 2.34. The number of allylic oxidation sites excluding steroid dienone is 1. The Balaban J connectivity index is 3.39. The van der Waals surface area contributed by atoms with E-state index >= 15 is 0 Å². The molecule has 0 radical (unpaired) electrons. The summed E-state index contributed by atoms with van der Waals surface area (Å²) in [6.45, 7) is 1.65. The van der Waals surface area contributed by atoms with Crippen LogP contribution in [0.15, 0.2) is 23.8 Å². The fraction of sp³-hybridized carbons (Fsp3) is 0.250. The van der Waals surface area contributed by atoms with Gasteiger partial charge in [0, 0.05) is 0 Å². The average molecular weight is 258 g/mol. The first kappa shape index (κ1) is 14.0. The molecule has 0 aromatic heterocycles. The summed E-state index contributed by atoms with van der Waals surface area (Å²) >= 11 is 0. The largest absolute Gasteiger partial charge is 0.419 e. The van der Waals surface area contributed by atoms with Crippen molar-refractivity contribution in [3.8, 4) is 6.07 Å². The van der Waals surface area contributed by atoms with Crippen molar-refractivity contribution in [2.45, 2.75) is 19.5 Å². The van der Waals surface area contributed by atoms with E-state index in [1.165, 1.54) is 0 Å². The molecular weight excluding hydrogens is 248 g/mol. The van der Waals surface area contributed by atoms with Crippen LogP contribution in [0.2, 0.25) is 0 Å². The van der Waals surface area contributed by atoms with E-state index in [0.29, 0.717) is 18.6 Å². The Hall–Kier alpha value is -2.03. The van der Waals surface area contributed by atoms with Gasteiger partial charge in [0.05, 0.1) is 22.9 Å². The summed E-state index contributed by atoms with van der Waals surface area (Å²) in [7, 11) is 0. The molecule has 2 nitrogen and oxygen atoms in total. The minimum Gasteiger partial charge on any atom is -0.397 e. The minimum absolute atomic E-state index is 0.0119. The van der Waals surface area contributed by atoms with Crippen LogP contribution in [0.5, 0.6) is 0 Å². The second kappa shape index (κ2) is 5.08. The van der Waals surface area contributed by atoms with Crippen molar-refractivity contribution in [1.82, 2.24) is 0 Å². The average Bonchev–Trinajstić information content (AvgIpc) is 2.29. The Bertz CT molecular complexity index is 524. The maximum absolute atomic E-state index is 13.1. The molecule has 0 amide bonds. The molecule has 1 aromatic rings. The summed E-state index contributed by atoms with van der Waals surface area (Å²) in [4.78, 5) is 0. The number of nitriles is 1. The van der Waals surface area contributed by atoms with Crippen molar-refractivity contribution in [2.24, 2.45) is 5.73 Å². The van der Waals surface area contributed by atoms with Gasteiger partial charge in [0.2, 0.25) is 0 Å². The van der Waals surface area contributed by atoms with E-state index in [1.54, 1.807) is 13.0 Å². The summed E-state index contributed by atoms with van der Waals surface area (Å²) in [5, 5.41) is 8.76. The van der Waals surface area contributed by atoms with Crippen molar-refractivity contribution in [2.75, 3.05) is 0 Å². The van der Waals surface area contributed by atoms with Crippen LogP contribution in [-0.2, 0) is 6.18 Å². The first-order valence-corrected chi connectivity index (χ1v) is 5.07. The first-order valence-electron chi connectivity index (χ1n) is 5.07. The predicted octanol–water partition coefficient (Wildman–Crippen LogP) is 3.45. The molecule has 0 aliphatic rings. The number of halogens is 4. The van der Waals surface area contributed by atoms with E-state index < -0.39 is 17.6 Å². The van der Waals surface area contributed by atoms with Gasteiger partial charge in [-0.1, -0.05) is 6.92 Å². The molecule has 0 spiro atoms. The maximum Gasteiger partial charge on any atom is 0.419 e. The second-order valence-electron chi connectivity index (χ2n) is 3.55. The van der Waals surface area contributed by atoms with Crippen molar-refractivity contribution in [3.05, 3.63) is 40.7 Å². The molecule has 0 unspecified atom stereocenters. The Morgan fingerprint density at radius 1 is 1.39 bits per heavy atom. The predicted molar refractivity (Wildman–Crippen MR) is 58.4 cm³/mol. The smallest absolute Gasteiger partial charge is 0.397 e. The fourth-order valence-corrected chi connectivity index (χ4v) is 1.41. The molecular formula is C12H10F4N2. The lowest BCUT2D eigenvalue weighted by molar-refractivity contribution is -0.140. The monoisotopic (exact) mass is 258 g/mol. The van der Waals surface area contributed by atoms with Crippen LogP contribution in [0, 0.1) is 17.1 Å². The van der Waals surface area contributed by atoms with Crippen LogP contribution in [0.4, 0.5) is 17.6 Å². The molecule has 96 valence electrons. The molecule has 18 heavy (non-hydrogen) atoms. The van der Waals surface area contributed by atoms with Crippen LogP contribution >= 0.6 is 0 Å². The van der Waals surface area contributed by atoms with Gasteiger partial charge in [-0.05, 0) is 30.2 Å². The summed E-state index contributed by atoms with van der Waals surface area (Å²) in [5.74, 6) is -1.37. The molecule has 0 bridgehead atoms. The maximum atomic E-state index is 13.1. The normalized spacial score (nSPS) is 12.9. The van der Waals surface area contributed by atoms with E-state index in [4.69, 9.17) is 11.0 Å². The van der Waals surface area contributed by atoms with Crippen LogP contribution < -0.4 is 5.73 Å². The van der Waals surface area contributed by atoms with Gasteiger partial charge in [0.1, 0.15) is 5.82 Å². The SMILES string of the molecule is CC/C(C#N)=C(/N)c1ccc(F)c(C(F)(F)F)c1. The third-order valence-corrected chi connectivity index (χ3v) is 2.40. The van der Waals surface area contributed by atoms with E-state index in [1.807, 2.05) is 0 Å². The Kier molecular flexibility index (Phi) is 3.96. The molecule has 1 aromatic carbocycles. The minimum atomic E-state index is -4.79. The van der Waals surface area contributed by atoms with Gasteiger partial charge < -0.3 is 5.73 Å². The van der Waals surface area contributed by atoms with Crippen LogP contribution in [0.3, 0.4) is 0 Å². The molecule has 6 heteroatoms. The van der Waals surface area contributed by atoms with Crippen LogP contribution in [-0.4, -0.2) is 0 Å². The van der Waals surface area contributed by atoms with E-state index in [0.717, 1.165) is 6.07 Å². The zero-order chi connectivity index (χ0) is 13.9. The highest BCUT2D eigenvalue weighted by Crippen LogP contribution is 2.33. The quantitative estimate of drug-likeness (QED) is 0.652. The number of hydrogen-bond donors (Lipinski definition) is 1. The number of rotatable bonds is 2. The van der Waals surface area contributed by atoms with Gasteiger partial charge in [0.15, 0.2) is 0 Å². The Morgan fingerprint density at radius 3 is 2.44 bits per heavy atom. The van der Waals surface area contributed by atoms with Crippen LogP contribution in [0.1, 0.15) is 24.5 Å². The lowest BCUT2D eigenvalue weighted by Crippen LogP contribution is -2.10. The third kappa shape index (κ3) is 2.80. The molecule has 0 aliphatic carbocycles. The third-order valence-electron chi connectivity index (χ3n) is 2.40. The van der Waals surface area contributed by atoms with Crippen molar-refractivity contribution in [1.29, 1.82) is 5.26 Å². The Labute approximate surface area is 101 Å². The van der Waals surface area contributed by atoms with Gasteiger partial charge in [-0.15, -0.1) is 0 Å². The Morgan fingerprint density at radius 2 is 2.00 bits per heavy atom. The molecule has 0 atom stereocenters. The summed E-state index contributed by atoms with van der Waals surface area (Å²) in [5.41, 5.74) is 4.28. The molecule has 0 aliphatic heterocycles. The molecule has 0 fully saturated rings. The summed E-state index contributed by atoms with van der Waals surface area (Å²) in [6, 6.07) is 4.22. The number of benzene rings is 1. The number of alkyl halides is 3. The highest BCUT2D eigenvalue weighted by atomic mass is 19.4. The molecule has 1 rings (SSSR count). The highest BCUT2D eigenvalue weighted by molar-refractivity contribution is 5.69. The standard InChI is InChI=1S/C12H10F4N2/c1-2-7(6-17)11(18)8-3-4-10(13)9(5-8)12(14,15)16/h3-5H,2,18H2,1H3/b11-7-. The van der Waals surface area contributed by atoms with Crippen molar-refractivity contribution in [3.63, 3.8) is 0 Å². The van der Waals surface area contributed by atoms with Gasteiger partial charge in [-0.25, -0.2) is 4.39 Å². The second-order valence-corrected chi connectivity index (χ2v) is 3.55. The lowest BCUT2D eigenvalue weighted by atomic mass is 10.0. The van der Waals surface area contributed by atoms with E-state index in [2.05, 4.69) is 0 Å². The van der Waals surface area contributed by atoms with Crippen molar-refractivity contribution < 1.29 is 17.6 Å². The topological polar surface area (TPSA) is 49.8 Å². The van der Waals surface area contributed by atoms with E-state index in [9.17, 15) is 17.6 Å². The fourth-order valence-electron chi connectivity index (χ4n) is 1.41. The summed E-state index contributed by atoms with van der Waals surface area (Å²) < 4.78 is 50.5. The van der Waals surface area contributed by atoms with Crippen molar-refractivity contribution >= 4 is 5.70 Å². The van der Waals surface area contributed by atoms with Gasteiger partial charge in [-0.2, -0.15) is 18.4 Å². The molecule has 0 saturated carbocycles. The van der Waals surface area contributed by atoms with Gasteiger partial charge in [0.25, 0.3) is 0 Å². The first-order chi connectivity index (χ1) is 8.31. The molecule has 2 N–H and O–H groups in total. The molecule has 0 heterocycles. The van der Waals surface area contributed by atoms with E-state index in [-0.39, 0.29) is 16.8 Å². The zero-order valence-corrected chi connectivity index (χ0v) is 9.48. The summed E-state index contributed by atoms with van der Waals surface area (Å²) in [6.07, 6.45) is -4.50. The zero-order valence-electron chi connectivity index (χ0n) is 9.48. The number of nitrogens with zero attached hydrogens (tertiary/aromatic N) is 1. The number of hydrogen-bond acceptors (Lipinski definition) is 2. The number of nitrogens with two attached hydrogens (primary N) is 1. The lowest BCUT2D eigenvalue weighted by Gasteiger charge is -2.11. The van der Waals surface area contributed by atoms with Crippen LogP contribution in [0.25, 0.3) is 5.70 Å². The molecule has 0 saturated heterocycles. The van der Waals surface area contributed by atoms with Gasteiger partial charge in [-0.3, -0.25) is 0 Å².